The SMILES string of the molecule is CC1CC(NC(=O)N(CC(=O)O)CC(F)(F)F)CCO1. The zero-order valence-corrected chi connectivity index (χ0v) is 10.9. The molecule has 0 spiro atoms. The Morgan fingerprint density at radius 1 is 1.45 bits per heavy atom. The lowest BCUT2D eigenvalue weighted by Gasteiger charge is -2.30. The number of alkyl halides is 3. The smallest absolute Gasteiger partial charge is 0.406 e. The van der Waals surface area contributed by atoms with E-state index in [1.165, 1.54) is 0 Å². The molecule has 1 aliphatic rings. The second-order valence-corrected chi connectivity index (χ2v) is 4.72. The van der Waals surface area contributed by atoms with E-state index in [2.05, 4.69) is 5.32 Å². The number of rotatable bonds is 4. The summed E-state index contributed by atoms with van der Waals surface area (Å²) < 4.78 is 42.2. The number of carboxylic acids is 1. The highest BCUT2D eigenvalue weighted by atomic mass is 19.4. The molecule has 0 bridgehead atoms. The average molecular weight is 298 g/mol. The van der Waals surface area contributed by atoms with Crippen LogP contribution in [0.5, 0.6) is 0 Å². The maximum atomic E-state index is 12.3. The van der Waals surface area contributed by atoms with Gasteiger partial charge in [0.05, 0.1) is 6.10 Å². The minimum atomic E-state index is -4.64. The summed E-state index contributed by atoms with van der Waals surface area (Å²) in [5.41, 5.74) is 0. The number of urea groups is 1. The van der Waals surface area contributed by atoms with Gasteiger partial charge in [-0.15, -0.1) is 0 Å². The van der Waals surface area contributed by atoms with E-state index in [0.717, 1.165) is 0 Å². The summed E-state index contributed by atoms with van der Waals surface area (Å²) in [6.07, 6.45) is -3.76. The van der Waals surface area contributed by atoms with Crippen molar-refractivity contribution in [3.05, 3.63) is 0 Å². The number of hydrogen-bond acceptors (Lipinski definition) is 3. The van der Waals surface area contributed by atoms with Crippen molar-refractivity contribution in [2.75, 3.05) is 19.7 Å². The minimum absolute atomic E-state index is 0.0930. The van der Waals surface area contributed by atoms with Crippen molar-refractivity contribution in [3.63, 3.8) is 0 Å². The molecule has 0 radical (unpaired) electrons. The van der Waals surface area contributed by atoms with Gasteiger partial charge in [0.25, 0.3) is 0 Å². The molecular weight excluding hydrogens is 281 g/mol. The number of halogens is 3. The average Bonchev–Trinajstić information content (AvgIpc) is 2.25. The second kappa shape index (κ2) is 6.78. The quantitative estimate of drug-likeness (QED) is 0.818. The third-order valence-corrected chi connectivity index (χ3v) is 2.80. The van der Waals surface area contributed by atoms with Crippen molar-refractivity contribution in [2.24, 2.45) is 0 Å². The van der Waals surface area contributed by atoms with Crippen molar-refractivity contribution >= 4 is 12.0 Å². The molecule has 1 rings (SSSR count). The molecule has 1 saturated heterocycles. The van der Waals surface area contributed by atoms with Crippen molar-refractivity contribution in [2.45, 2.75) is 38.1 Å². The summed E-state index contributed by atoms with van der Waals surface area (Å²) in [6.45, 7) is -0.388. The molecule has 20 heavy (non-hydrogen) atoms. The summed E-state index contributed by atoms with van der Waals surface area (Å²) >= 11 is 0. The van der Waals surface area contributed by atoms with Crippen molar-refractivity contribution in [3.8, 4) is 0 Å². The molecule has 1 aliphatic heterocycles. The van der Waals surface area contributed by atoms with Crippen LogP contribution in [0.15, 0.2) is 0 Å². The Balaban J connectivity index is 2.60. The predicted octanol–water partition coefficient (Wildman–Crippen LogP) is 1.21. The number of amides is 2. The Hall–Kier alpha value is -1.51. The first kappa shape index (κ1) is 16.5. The maximum absolute atomic E-state index is 12.3. The number of carbonyl (C=O) groups is 2. The summed E-state index contributed by atoms with van der Waals surface area (Å²) in [5.74, 6) is -1.50. The fraction of sp³-hybridized carbons (Fsp3) is 0.818. The van der Waals surface area contributed by atoms with Gasteiger partial charge in [0, 0.05) is 12.6 Å². The van der Waals surface area contributed by atoms with Crippen LogP contribution in [0, 0.1) is 0 Å². The lowest BCUT2D eigenvalue weighted by Crippen LogP contribution is -2.51. The molecule has 1 heterocycles. The van der Waals surface area contributed by atoms with Crippen molar-refractivity contribution in [1.82, 2.24) is 10.2 Å². The Morgan fingerprint density at radius 3 is 2.60 bits per heavy atom. The van der Waals surface area contributed by atoms with Gasteiger partial charge in [0.15, 0.2) is 0 Å². The molecule has 0 saturated carbocycles. The molecular formula is C11H17F3N2O4. The van der Waals surface area contributed by atoms with E-state index in [-0.39, 0.29) is 17.0 Å². The molecule has 1 fully saturated rings. The Labute approximate surface area is 113 Å². The lowest BCUT2D eigenvalue weighted by molar-refractivity contribution is -0.149. The highest BCUT2D eigenvalue weighted by Crippen LogP contribution is 2.17. The van der Waals surface area contributed by atoms with Crippen LogP contribution in [-0.4, -0.2) is 60.0 Å². The molecule has 0 aliphatic carbocycles. The fourth-order valence-electron chi connectivity index (χ4n) is 1.97. The summed E-state index contributed by atoms with van der Waals surface area (Å²) in [4.78, 5) is 22.5. The number of nitrogens with one attached hydrogen (secondary N) is 1. The number of ether oxygens (including phenoxy) is 1. The summed E-state index contributed by atoms with van der Waals surface area (Å²) in [6, 6.07) is -1.33. The van der Waals surface area contributed by atoms with Gasteiger partial charge in [-0.05, 0) is 19.8 Å². The van der Waals surface area contributed by atoms with Crippen LogP contribution < -0.4 is 5.32 Å². The molecule has 116 valence electrons. The van der Waals surface area contributed by atoms with Crippen LogP contribution in [0.2, 0.25) is 0 Å². The van der Waals surface area contributed by atoms with E-state index >= 15 is 0 Å². The largest absolute Gasteiger partial charge is 0.480 e. The number of carboxylic acid groups (broad SMARTS) is 1. The maximum Gasteiger partial charge on any atom is 0.406 e. The minimum Gasteiger partial charge on any atom is -0.480 e. The Morgan fingerprint density at radius 2 is 2.10 bits per heavy atom. The van der Waals surface area contributed by atoms with Gasteiger partial charge in [-0.2, -0.15) is 13.2 Å². The topological polar surface area (TPSA) is 78.9 Å². The first-order valence-electron chi connectivity index (χ1n) is 6.13. The molecule has 6 nitrogen and oxygen atoms in total. The first-order chi connectivity index (χ1) is 9.17. The van der Waals surface area contributed by atoms with Crippen LogP contribution in [-0.2, 0) is 9.53 Å². The van der Waals surface area contributed by atoms with Gasteiger partial charge in [0.2, 0.25) is 0 Å². The molecule has 2 amide bonds. The highest BCUT2D eigenvalue weighted by Gasteiger charge is 2.35. The number of hydrogen-bond donors (Lipinski definition) is 2. The lowest BCUT2D eigenvalue weighted by atomic mass is 10.0. The molecule has 2 atom stereocenters. The monoisotopic (exact) mass is 298 g/mol. The van der Waals surface area contributed by atoms with E-state index in [1.807, 2.05) is 0 Å². The fourth-order valence-corrected chi connectivity index (χ4v) is 1.97. The summed E-state index contributed by atoms with van der Waals surface area (Å²) in [7, 11) is 0. The van der Waals surface area contributed by atoms with Gasteiger partial charge < -0.3 is 20.1 Å². The predicted molar refractivity (Wildman–Crippen MR) is 62.2 cm³/mol. The Kier molecular flexibility index (Phi) is 5.61. The standard InChI is InChI=1S/C11H17F3N2O4/c1-7-4-8(2-3-20-7)15-10(19)16(5-9(17)18)6-11(12,13)14/h7-8H,2-6H2,1H3,(H,15,19)(H,17,18). The molecule has 2 unspecified atom stereocenters. The van der Waals surface area contributed by atoms with E-state index in [9.17, 15) is 22.8 Å². The molecule has 0 aromatic heterocycles. The van der Waals surface area contributed by atoms with Gasteiger partial charge in [-0.25, -0.2) is 4.79 Å². The zero-order valence-electron chi connectivity index (χ0n) is 10.9. The highest BCUT2D eigenvalue weighted by molar-refractivity contribution is 5.80. The van der Waals surface area contributed by atoms with Crippen LogP contribution in [0.4, 0.5) is 18.0 Å². The first-order valence-corrected chi connectivity index (χ1v) is 6.13. The van der Waals surface area contributed by atoms with Crippen LogP contribution in [0.1, 0.15) is 19.8 Å². The molecule has 0 aromatic rings. The van der Waals surface area contributed by atoms with E-state index in [1.54, 1.807) is 6.92 Å². The summed E-state index contributed by atoms with van der Waals surface area (Å²) in [5, 5.41) is 11.0. The molecule has 2 N–H and O–H groups in total. The van der Waals surface area contributed by atoms with Crippen LogP contribution in [0.3, 0.4) is 0 Å². The van der Waals surface area contributed by atoms with Crippen molar-refractivity contribution < 1.29 is 32.6 Å². The van der Waals surface area contributed by atoms with Gasteiger partial charge in [-0.1, -0.05) is 0 Å². The number of carbonyl (C=O) groups excluding carboxylic acids is 1. The zero-order chi connectivity index (χ0) is 15.3. The molecule has 9 heteroatoms. The normalized spacial score (nSPS) is 23.2. The van der Waals surface area contributed by atoms with E-state index in [4.69, 9.17) is 9.84 Å². The van der Waals surface area contributed by atoms with E-state index in [0.29, 0.717) is 19.4 Å². The third kappa shape index (κ3) is 6.09. The number of nitrogens with zero attached hydrogens (tertiary/aromatic N) is 1. The van der Waals surface area contributed by atoms with Crippen molar-refractivity contribution in [1.29, 1.82) is 0 Å². The molecule has 0 aromatic carbocycles. The van der Waals surface area contributed by atoms with Crippen LogP contribution >= 0.6 is 0 Å². The van der Waals surface area contributed by atoms with Gasteiger partial charge >= 0.3 is 18.2 Å². The van der Waals surface area contributed by atoms with Gasteiger partial charge in [0.1, 0.15) is 13.1 Å². The third-order valence-electron chi connectivity index (χ3n) is 2.80. The van der Waals surface area contributed by atoms with Gasteiger partial charge in [-0.3, -0.25) is 4.79 Å². The Bertz CT molecular complexity index is 362. The number of aliphatic carboxylic acids is 1. The van der Waals surface area contributed by atoms with Crippen LogP contribution in [0.25, 0.3) is 0 Å². The van der Waals surface area contributed by atoms with E-state index < -0.39 is 31.3 Å². The second-order valence-electron chi connectivity index (χ2n) is 4.72.